The fourth-order valence-corrected chi connectivity index (χ4v) is 3.99. The first-order valence-corrected chi connectivity index (χ1v) is 9.64. The van der Waals surface area contributed by atoms with E-state index in [9.17, 15) is 14.3 Å². The Morgan fingerprint density at radius 1 is 1.07 bits per heavy atom. The number of aliphatic carboxylic acids is 1. The summed E-state index contributed by atoms with van der Waals surface area (Å²) in [5.41, 5.74) is 5.69. The molecule has 0 aliphatic carbocycles. The van der Waals surface area contributed by atoms with Crippen LogP contribution in [0.2, 0.25) is 5.02 Å². The molecule has 0 spiro atoms. The van der Waals surface area contributed by atoms with Gasteiger partial charge in [-0.05, 0) is 59.5 Å². The summed E-state index contributed by atoms with van der Waals surface area (Å²) in [6, 6.07) is 20.2. The second-order valence-electron chi connectivity index (χ2n) is 7.05. The number of hydrogen-bond donors (Lipinski definition) is 1. The second-order valence-corrected chi connectivity index (χ2v) is 7.48. The van der Waals surface area contributed by atoms with Gasteiger partial charge in [0.1, 0.15) is 12.4 Å². The van der Waals surface area contributed by atoms with Crippen LogP contribution in [0.15, 0.2) is 66.7 Å². The standard InChI is InChI=1S/C24H19ClFNO2/c1-15-21(22-13-19(26)10-11-23(22)27(15)14-24(28)29)12-17-4-2-3-5-20(17)16-6-8-18(25)9-7-16/h2-11,13H,12,14H2,1H3,(H,28,29). The molecule has 0 atom stereocenters. The van der Waals surface area contributed by atoms with E-state index in [1.807, 2.05) is 55.5 Å². The highest BCUT2D eigenvalue weighted by Gasteiger charge is 2.18. The Balaban J connectivity index is 1.85. The van der Waals surface area contributed by atoms with Crippen molar-refractivity contribution in [1.29, 1.82) is 0 Å². The molecule has 1 N–H and O–H groups in total. The van der Waals surface area contributed by atoms with Crippen LogP contribution in [0.4, 0.5) is 4.39 Å². The quantitative estimate of drug-likeness (QED) is 0.435. The fraction of sp³-hybridized carbons (Fsp3) is 0.125. The van der Waals surface area contributed by atoms with Gasteiger partial charge in [0.15, 0.2) is 0 Å². The molecule has 0 bridgehead atoms. The van der Waals surface area contributed by atoms with Crippen molar-refractivity contribution in [2.75, 3.05) is 0 Å². The number of halogens is 2. The SMILES string of the molecule is Cc1c(Cc2ccccc2-c2ccc(Cl)cc2)c2cc(F)ccc2n1CC(=O)O. The molecule has 146 valence electrons. The van der Waals surface area contributed by atoms with Gasteiger partial charge in [0.25, 0.3) is 0 Å². The highest BCUT2D eigenvalue weighted by Crippen LogP contribution is 2.32. The zero-order chi connectivity index (χ0) is 20.5. The van der Waals surface area contributed by atoms with Gasteiger partial charge in [-0.15, -0.1) is 0 Å². The van der Waals surface area contributed by atoms with Crippen LogP contribution in [-0.2, 0) is 17.8 Å². The van der Waals surface area contributed by atoms with Crippen LogP contribution in [0, 0.1) is 12.7 Å². The average molecular weight is 408 g/mol. The number of aromatic nitrogens is 1. The number of carbonyl (C=O) groups is 1. The highest BCUT2D eigenvalue weighted by molar-refractivity contribution is 6.30. The van der Waals surface area contributed by atoms with E-state index in [0.717, 1.165) is 38.9 Å². The molecule has 0 fully saturated rings. The van der Waals surface area contributed by atoms with E-state index in [1.54, 1.807) is 10.6 Å². The molecule has 0 radical (unpaired) electrons. The van der Waals surface area contributed by atoms with Crippen molar-refractivity contribution in [1.82, 2.24) is 4.57 Å². The Morgan fingerprint density at radius 2 is 1.79 bits per heavy atom. The molecule has 4 aromatic rings. The lowest BCUT2D eigenvalue weighted by Gasteiger charge is -2.11. The number of rotatable bonds is 5. The van der Waals surface area contributed by atoms with Gasteiger partial charge in [-0.25, -0.2) is 4.39 Å². The summed E-state index contributed by atoms with van der Waals surface area (Å²) < 4.78 is 15.7. The normalized spacial score (nSPS) is 11.1. The molecule has 0 saturated heterocycles. The molecular formula is C24H19ClFNO2. The van der Waals surface area contributed by atoms with Gasteiger partial charge in [-0.3, -0.25) is 4.79 Å². The third-order valence-corrected chi connectivity index (χ3v) is 5.50. The Hall–Kier alpha value is -3.11. The van der Waals surface area contributed by atoms with Gasteiger partial charge in [0, 0.05) is 28.0 Å². The first kappa shape index (κ1) is 19.2. The number of carboxylic acids is 1. The first-order valence-electron chi connectivity index (χ1n) is 9.27. The van der Waals surface area contributed by atoms with Crippen LogP contribution in [0.5, 0.6) is 0 Å². The first-order chi connectivity index (χ1) is 13.9. The molecule has 5 heteroatoms. The zero-order valence-electron chi connectivity index (χ0n) is 15.8. The predicted octanol–water partition coefficient (Wildman–Crippen LogP) is 6.08. The molecule has 1 heterocycles. The summed E-state index contributed by atoms with van der Waals surface area (Å²) in [5.74, 6) is -1.26. The molecule has 0 saturated carbocycles. The van der Waals surface area contributed by atoms with Gasteiger partial charge in [0.2, 0.25) is 0 Å². The maximum atomic E-state index is 14.0. The molecule has 0 unspecified atom stereocenters. The van der Waals surface area contributed by atoms with Crippen molar-refractivity contribution in [2.45, 2.75) is 19.9 Å². The van der Waals surface area contributed by atoms with Crippen LogP contribution in [0.1, 0.15) is 16.8 Å². The topological polar surface area (TPSA) is 42.2 Å². The Morgan fingerprint density at radius 3 is 2.52 bits per heavy atom. The van der Waals surface area contributed by atoms with Crippen LogP contribution < -0.4 is 0 Å². The van der Waals surface area contributed by atoms with Gasteiger partial charge in [0.05, 0.1) is 0 Å². The molecule has 0 amide bonds. The summed E-state index contributed by atoms with van der Waals surface area (Å²) in [4.78, 5) is 11.4. The molecule has 3 nitrogen and oxygen atoms in total. The van der Waals surface area contributed by atoms with E-state index in [0.29, 0.717) is 11.4 Å². The van der Waals surface area contributed by atoms with E-state index in [4.69, 9.17) is 11.6 Å². The monoisotopic (exact) mass is 407 g/mol. The van der Waals surface area contributed by atoms with Crippen molar-refractivity contribution in [3.05, 3.63) is 94.4 Å². The number of hydrogen-bond acceptors (Lipinski definition) is 1. The molecule has 0 aliphatic heterocycles. The summed E-state index contributed by atoms with van der Waals surface area (Å²) in [6.45, 7) is 1.73. The number of carboxylic acid groups (broad SMARTS) is 1. The minimum absolute atomic E-state index is 0.160. The Labute approximate surface area is 173 Å². The lowest BCUT2D eigenvalue weighted by atomic mass is 9.94. The van der Waals surface area contributed by atoms with E-state index < -0.39 is 5.97 Å². The predicted molar refractivity (Wildman–Crippen MR) is 114 cm³/mol. The Kier molecular flexibility index (Phi) is 5.12. The summed E-state index contributed by atoms with van der Waals surface area (Å²) >= 11 is 6.03. The van der Waals surface area contributed by atoms with Gasteiger partial charge < -0.3 is 9.67 Å². The molecule has 3 aromatic carbocycles. The van der Waals surface area contributed by atoms with E-state index in [2.05, 4.69) is 0 Å². The molecule has 1 aromatic heterocycles. The van der Waals surface area contributed by atoms with Crippen LogP contribution in [0.25, 0.3) is 22.0 Å². The third-order valence-electron chi connectivity index (χ3n) is 5.25. The maximum absolute atomic E-state index is 14.0. The van der Waals surface area contributed by atoms with Gasteiger partial charge in [-0.2, -0.15) is 0 Å². The van der Waals surface area contributed by atoms with Crippen LogP contribution >= 0.6 is 11.6 Å². The van der Waals surface area contributed by atoms with Crippen molar-refractivity contribution in [2.24, 2.45) is 0 Å². The van der Waals surface area contributed by atoms with Crippen LogP contribution in [0.3, 0.4) is 0 Å². The minimum Gasteiger partial charge on any atom is -0.480 e. The van der Waals surface area contributed by atoms with Crippen molar-refractivity contribution < 1.29 is 14.3 Å². The van der Waals surface area contributed by atoms with Crippen LogP contribution in [-0.4, -0.2) is 15.6 Å². The minimum atomic E-state index is -0.928. The number of fused-ring (bicyclic) bond motifs is 1. The smallest absolute Gasteiger partial charge is 0.323 e. The van der Waals surface area contributed by atoms with Crippen molar-refractivity contribution in [3.8, 4) is 11.1 Å². The van der Waals surface area contributed by atoms with E-state index in [1.165, 1.54) is 12.1 Å². The Bertz CT molecular complexity index is 1210. The lowest BCUT2D eigenvalue weighted by molar-refractivity contribution is -0.137. The molecule has 0 aliphatic rings. The number of nitrogens with zero attached hydrogens (tertiary/aromatic N) is 1. The lowest BCUT2D eigenvalue weighted by Crippen LogP contribution is -2.10. The maximum Gasteiger partial charge on any atom is 0.323 e. The van der Waals surface area contributed by atoms with Gasteiger partial charge >= 0.3 is 5.97 Å². The average Bonchev–Trinajstić information content (AvgIpc) is 2.94. The molecule has 4 rings (SSSR count). The molecule has 29 heavy (non-hydrogen) atoms. The van der Waals surface area contributed by atoms with E-state index in [-0.39, 0.29) is 12.4 Å². The zero-order valence-corrected chi connectivity index (χ0v) is 16.6. The summed E-state index contributed by atoms with van der Waals surface area (Å²) in [5, 5.41) is 10.7. The van der Waals surface area contributed by atoms with E-state index >= 15 is 0 Å². The highest BCUT2D eigenvalue weighted by atomic mass is 35.5. The summed E-state index contributed by atoms with van der Waals surface area (Å²) in [7, 11) is 0. The largest absolute Gasteiger partial charge is 0.480 e. The molecular weight excluding hydrogens is 389 g/mol. The third kappa shape index (κ3) is 3.76. The fourth-order valence-electron chi connectivity index (χ4n) is 3.86. The van der Waals surface area contributed by atoms with Crippen molar-refractivity contribution in [3.63, 3.8) is 0 Å². The summed E-state index contributed by atoms with van der Waals surface area (Å²) in [6.07, 6.45) is 0.567. The second kappa shape index (κ2) is 7.72. The van der Waals surface area contributed by atoms with Gasteiger partial charge in [-0.1, -0.05) is 48.0 Å². The van der Waals surface area contributed by atoms with Crippen molar-refractivity contribution >= 4 is 28.5 Å². The number of benzene rings is 3.